The molecule has 0 amide bonds. The van der Waals surface area contributed by atoms with Crippen LogP contribution in [0.5, 0.6) is 5.75 Å². The maximum Gasteiger partial charge on any atom is 0.115 e. The second-order valence-electron chi connectivity index (χ2n) is 5.48. The third-order valence-corrected chi connectivity index (χ3v) is 4.29. The molecule has 1 unspecified atom stereocenters. The van der Waals surface area contributed by atoms with Crippen molar-refractivity contribution in [3.8, 4) is 5.75 Å². The van der Waals surface area contributed by atoms with Crippen LogP contribution in [-0.4, -0.2) is 23.4 Å². The molecule has 1 fully saturated rings. The fraction of sp³-hybridized carbons (Fsp3) is 0.625. The molecule has 0 saturated carbocycles. The molecule has 106 valence electrons. The highest BCUT2D eigenvalue weighted by atomic mass is 16.5. The van der Waals surface area contributed by atoms with E-state index >= 15 is 0 Å². The van der Waals surface area contributed by atoms with E-state index in [9.17, 15) is 5.11 Å². The highest BCUT2D eigenvalue weighted by molar-refractivity contribution is 5.26. The third-order valence-electron chi connectivity index (χ3n) is 4.29. The van der Waals surface area contributed by atoms with Gasteiger partial charge in [0, 0.05) is 19.2 Å². The number of aromatic hydroxyl groups is 1. The van der Waals surface area contributed by atoms with Crippen molar-refractivity contribution in [2.24, 2.45) is 0 Å². The molecule has 1 aromatic carbocycles. The van der Waals surface area contributed by atoms with Crippen molar-refractivity contribution in [1.29, 1.82) is 0 Å². The van der Waals surface area contributed by atoms with Gasteiger partial charge in [-0.15, -0.1) is 0 Å². The summed E-state index contributed by atoms with van der Waals surface area (Å²) in [4.78, 5) is 0. The Morgan fingerprint density at radius 2 is 2.16 bits per heavy atom. The summed E-state index contributed by atoms with van der Waals surface area (Å²) in [6, 6.07) is 7.96. The summed E-state index contributed by atoms with van der Waals surface area (Å²) >= 11 is 0. The Bertz CT molecular complexity index is 401. The van der Waals surface area contributed by atoms with Gasteiger partial charge in [-0.3, -0.25) is 0 Å². The van der Waals surface area contributed by atoms with E-state index in [0.717, 1.165) is 44.4 Å². The van der Waals surface area contributed by atoms with Gasteiger partial charge in [0.2, 0.25) is 0 Å². The van der Waals surface area contributed by atoms with Crippen LogP contribution in [0, 0.1) is 0 Å². The number of phenols is 1. The molecule has 3 nitrogen and oxygen atoms in total. The van der Waals surface area contributed by atoms with Crippen molar-refractivity contribution in [1.82, 2.24) is 5.32 Å². The lowest BCUT2D eigenvalue weighted by Crippen LogP contribution is -2.46. The molecule has 0 bridgehead atoms. The Labute approximate surface area is 116 Å². The van der Waals surface area contributed by atoms with Crippen LogP contribution in [-0.2, 0) is 11.3 Å². The molecule has 0 spiro atoms. The number of rotatable bonds is 5. The van der Waals surface area contributed by atoms with Gasteiger partial charge in [-0.25, -0.2) is 0 Å². The SMILES string of the molecule is CCC1(CC)CC(NCc2cccc(O)c2)CCO1. The van der Waals surface area contributed by atoms with Gasteiger partial charge in [-0.1, -0.05) is 26.0 Å². The summed E-state index contributed by atoms with van der Waals surface area (Å²) < 4.78 is 5.99. The molecule has 0 radical (unpaired) electrons. The van der Waals surface area contributed by atoms with E-state index in [1.54, 1.807) is 6.07 Å². The number of phenolic OH excluding ortho intramolecular Hbond substituents is 1. The summed E-state index contributed by atoms with van der Waals surface area (Å²) in [6.07, 6.45) is 4.31. The molecule has 0 aromatic heterocycles. The number of nitrogens with one attached hydrogen (secondary N) is 1. The number of hydrogen-bond donors (Lipinski definition) is 2. The molecule has 1 heterocycles. The van der Waals surface area contributed by atoms with Crippen molar-refractivity contribution in [3.63, 3.8) is 0 Å². The van der Waals surface area contributed by atoms with Crippen LogP contribution in [0.3, 0.4) is 0 Å². The maximum atomic E-state index is 9.46. The lowest BCUT2D eigenvalue weighted by molar-refractivity contribution is -0.0932. The molecule has 1 atom stereocenters. The monoisotopic (exact) mass is 263 g/mol. The molecular weight excluding hydrogens is 238 g/mol. The summed E-state index contributed by atoms with van der Waals surface area (Å²) in [6.45, 7) is 6.07. The van der Waals surface area contributed by atoms with E-state index < -0.39 is 0 Å². The Balaban J connectivity index is 1.89. The van der Waals surface area contributed by atoms with Crippen LogP contribution >= 0.6 is 0 Å². The first-order valence-electron chi connectivity index (χ1n) is 7.32. The molecule has 2 rings (SSSR count). The smallest absolute Gasteiger partial charge is 0.115 e. The van der Waals surface area contributed by atoms with Gasteiger partial charge in [0.25, 0.3) is 0 Å². The van der Waals surface area contributed by atoms with Gasteiger partial charge in [-0.05, 0) is 43.4 Å². The quantitative estimate of drug-likeness (QED) is 0.857. The first-order valence-corrected chi connectivity index (χ1v) is 7.32. The zero-order valence-electron chi connectivity index (χ0n) is 12.0. The molecule has 1 saturated heterocycles. The van der Waals surface area contributed by atoms with E-state index in [1.807, 2.05) is 18.2 Å². The van der Waals surface area contributed by atoms with Crippen molar-refractivity contribution in [2.45, 2.75) is 57.7 Å². The predicted octanol–water partition coefficient (Wildman–Crippen LogP) is 3.22. The lowest BCUT2D eigenvalue weighted by atomic mass is 9.86. The highest BCUT2D eigenvalue weighted by Gasteiger charge is 2.34. The maximum absolute atomic E-state index is 9.46. The van der Waals surface area contributed by atoms with Crippen molar-refractivity contribution < 1.29 is 9.84 Å². The Morgan fingerprint density at radius 3 is 2.84 bits per heavy atom. The predicted molar refractivity (Wildman–Crippen MR) is 77.2 cm³/mol. The van der Waals surface area contributed by atoms with Crippen LogP contribution < -0.4 is 5.32 Å². The van der Waals surface area contributed by atoms with Crippen molar-refractivity contribution in [2.75, 3.05) is 6.61 Å². The summed E-state index contributed by atoms with van der Waals surface area (Å²) in [7, 11) is 0. The van der Waals surface area contributed by atoms with E-state index in [-0.39, 0.29) is 5.60 Å². The Kier molecular flexibility index (Phi) is 4.83. The van der Waals surface area contributed by atoms with Gasteiger partial charge >= 0.3 is 0 Å². The molecule has 1 aromatic rings. The van der Waals surface area contributed by atoms with Crippen molar-refractivity contribution in [3.05, 3.63) is 29.8 Å². The van der Waals surface area contributed by atoms with Crippen LogP contribution in [0.4, 0.5) is 0 Å². The standard InChI is InChI=1S/C16H25NO2/c1-3-16(4-2)11-14(8-9-19-16)17-12-13-6-5-7-15(18)10-13/h5-7,10,14,17-18H,3-4,8-9,11-12H2,1-2H3. The summed E-state index contributed by atoms with van der Waals surface area (Å²) in [5.74, 6) is 0.336. The molecular formula is C16H25NO2. The van der Waals surface area contributed by atoms with E-state index in [2.05, 4.69) is 19.2 Å². The first kappa shape index (κ1) is 14.4. The second-order valence-corrected chi connectivity index (χ2v) is 5.48. The molecule has 1 aliphatic rings. The lowest BCUT2D eigenvalue weighted by Gasteiger charge is -2.40. The minimum absolute atomic E-state index is 0.0642. The molecule has 1 aliphatic heterocycles. The van der Waals surface area contributed by atoms with Gasteiger partial charge in [0.1, 0.15) is 5.75 Å². The fourth-order valence-electron chi connectivity index (χ4n) is 2.87. The summed E-state index contributed by atoms with van der Waals surface area (Å²) in [5.41, 5.74) is 1.19. The minimum atomic E-state index is 0.0642. The zero-order chi connectivity index (χ0) is 13.7. The van der Waals surface area contributed by atoms with E-state index in [4.69, 9.17) is 4.74 Å². The highest BCUT2D eigenvalue weighted by Crippen LogP contribution is 2.31. The molecule has 0 aliphatic carbocycles. The first-order chi connectivity index (χ1) is 9.17. The van der Waals surface area contributed by atoms with Crippen LogP contribution in [0.15, 0.2) is 24.3 Å². The van der Waals surface area contributed by atoms with Crippen LogP contribution in [0.25, 0.3) is 0 Å². The van der Waals surface area contributed by atoms with Gasteiger partial charge in [0.15, 0.2) is 0 Å². The van der Waals surface area contributed by atoms with Crippen LogP contribution in [0.1, 0.15) is 45.1 Å². The number of ether oxygens (including phenoxy) is 1. The number of hydrogen-bond acceptors (Lipinski definition) is 3. The normalized spacial score (nSPS) is 22.3. The second kappa shape index (κ2) is 6.40. The van der Waals surface area contributed by atoms with Gasteiger partial charge < -0.3 is 15.2 Å². The average molecular weight is 263 g/mol. The Morgan fingerprint density at radius 1 is 1.37 bits per heavy atom. The van der Waals surface area contributed by atoms with Gasteiger partial charge in [0.05, 0.1) is 5.60 Å². The fourth-order valence-corrected chi connectivity index (χ4v) is 2.87. The van der Waals surface area contributed by atoms with E-state index in [1.165, 1.54) is 0 Å². The minimum Gasteiger partial charge on any atom is -0.508 e. The molecule has 3 heteroatoms. The Hall–Kier alpha value is -1.06. The molecule has 19 heavy (non-hydrogen) atoms. The zero-order valence-corrected chi connectivity index (χ0v) is 12.0. The topological polar surface area (TPSA) is 41.5 Å². The average Bonchev–Trinajstić information content (AvgIpc) is 2.45. The van der Waals surface area contributed by atoms with Crippen molar-refractivity contribution >= 4 is 0 Å². The van der Waals surface area contributed by atoms with E-state index in [0.29, 0.717) is 11.8 Å². The largest absolute Gasteiger partial charge is 0.508 e. The number of benzene rings is 1. The summed E-state index contributed by atoms with van der Waals surface area (Å²) in [5, 5.41) is 13.1. The van der Waals surface area contributed by atoms with Crippen LogP contribution in [0.2, 0.25) is 0 Å². The van der Waals surface area contributed by atoms with Gasteiger partial charge in [-0.2, -0.15) is 0 Å². The molecule has 2 N–H and O–H groups in total. The third kappa shape index (κ3) is 3.71.